The molecule has 3 aromatic heterocycles. The van der Waals surface area contributed by atoms with Gasteiger partial charge < -0.3 is 48.4 Å². The summed E-state index contributed by atoms with van der Waals surface area (Å²) in [5, 5.41) is 2.51. The lowest BCUT2D eigenvalue weighted by molar-refractivity contribution is -0.139. The number of hydrogen-bond donors (Lipinski definition) is 1. The lowest BCUT2D eigenvalue weighted by Crippen LogP contribution is -2.51. The molecule has 7 aromatic rings. The first kappa shape index (κ1) is 51.4. The second kappa shape index (κ2) is 23.2. The highest BCUT2D eigenvalue weighted by Crippen LogP contribution is 2.40. The third-order valence-electron chi connectivity index (χ3n) is 14.8. The van der Waals surface area contributed by atoms with Crippen molar-refractivity contribution < 1.29 is 37.6 Å². The Hall–Kier alpha value is -6.07. The van der Waals surface area contributed by atoms with Crippen LogP contribution in [0.15, 0.2) is 96.3 Å². The molecule has 0 amide bonds. The van der Waals surface area contributed by atoms with Crippen molar-refractivity contribution in [3.05, 3.63) is 124 Å². The van der Waals surface area contributed by atoms with Crippen molar-refractivity contribution in [3.8, 4) is 34.8 Å². The van der Waals surface area contributed by atoms with E-state index in [0.29, 0.717) is 69.5 Å². The van der Waals surface area contributed by atoms with Crippen molar-refractivity contribution >= 4 is 56.5 Å². The predicted molar refractivity (Wildman–Crippen MR) is 285 cm³/mol. The number of carbonyl (C=O) groups is 1. The second-order valence-corrected chi connectivity index (χ2v) is 21.2. The summed E-state index contributed by atoms with van der Waals surface area (Å²) < 4.78 is 40.3. The van der Waals surface area contributed by atoms with Gasteiger partial charge in [-0.1, -0.05) is 29.3 Å². The zero-order chi connectivity index (χ0) is 51.1. The predicted octanol–water partition coefficient (Wildman–Crippen LogP) is 11.1. The van der Waals surface area contributed by atoms with Gasteiger partial charge in [-0.25, -0.2) is 19.9 Å². The smallest absolute Gasteiger partial charge is 0.230 e. The molecule has 0 aliphatic carbocycles. The summed E-state index contributed by atoms with van der Waals surface area (Å²) >= 11 is 12.6. The molecule has 4 saturated heterocycles. The van der Waals surface area contributed by atoms with Crippen molar-refractivity contribution in [3.63, 3.8) is 0 Å². The molecular formula is C57H63Cl2N7O8. The Kier molecular flexibility index (Phi) is 16.1. The monoisotopic (exact) mass is 1040 g/mol. The van der Waals surface area contributed by atoms with Gasteiger partial charge in [0.1, 0.15) is 41.4 Å². The van der Waals surface area contributed by atoms with Gasteiger partial charge in [0, 0.05) is 60.0 Å². The molecule has 0 unspecified atom stereocenters. The van der Waals surface area contributed by atoms with E-state index in [0.717, 1.165) is 134 Å². The highest BCUT2D eigenvalue weighted by molar-refractivity contribution is 6.33. The van der Waals surface area contributed by atoms with Gasteiger partial charge in [0.15, 0.2) is 0 Å². The van der Waals surface area contributed by atoms with Crippen LogP contribution in [0.3, 0.4) is 0 Å². The number of ketones is 1. The first-order valence-corrected chi connectivity index (χ1v) is 26.3. The Labute approximate surface area is 441 Å². The van der Waals surface area contributed by atoms with Gasteiger partial charge in [-0.3, -0.25) is 4.79 Å². The maximum Gasteiger partial charge on any atom is 0.230 e. The molecule has 4 aliphatic rings. The molecule has 0 saturated carbocycles. The fourth-order valence-electron chi connectivity index (χ4n) is 10.0. The van der Waals surface area contributed by atoms with E-state index >= 15 is 0 Å². The molecular weight excluding hydrogens is 982 g/mol. The van der Waals surface area contributed by atoms with Crippen molar-refractivity contribution in [2.45, 2.75) is 65.2 Å². The number of benzene rings is 4. The van der Waals surface area contributed by atoms with E-state index in [1.54, 1.807) is 48.9 Å². The Morgan fingerprint density at radius 3 is 1.62 bits per heavy atom. The van der Waals surface area contributed by atoms with Gasteiger partial charge in [0.05, 0.1) is 84.7 Å². The Balaban J connectivity index is 0.000000173. The number of ether oxygens (including phenoxy) is 6. The highest BCUT2D eigenvalue weighted by atomic mass is 35.5. The van der Waals surface area contributed by atoms with E-state index in [1.807, 2.05) is 44.2 Å². The average molecular weight is 1050 g/mol. The molecule has 0 bridgehead atoms. The van der Waals surface area contributed by atoms with Crippen LogP contribution < -0.4 is 24.7 Å². The number of nitrogens with two attached hydrogens (primary N) is 1. The molecule has 15 nitrogen and oxygen atoms in total. The van der Waals surface area contributed by atoms with E-state index in [1.165, 1.54) is 38.3 Å². The van der Waals surface area contributed by atoms with Crippen LogP contribution in [0.4, 0.5) is 5.69 Å². The van der Waals surface area contributed by atoms with Crippen molar-refractivity contribution in [2.75, 3.05) is 84.6 Å². The zero-order valence-corrected chi connectivity index (χ0v) is 43.6. The Bertz CT molecular complexity index is 3060. The van der Waals surface area contributed by atoms with E-state index in [-0.39, 0.29) is 12.2 Å². The minimum absolute atomic E-state index is 0.0566. The molecule has 388 valence electrons. The third-order valence-corrected chi connectivity index (χ3v) is 15.5. The van der Waals surface area contributed by atoms with Crippen LogP contribution in [-0.2, 0) is 27.1 Å². The summed E-state index contributed by atoms with van der Waals surface area (Å²) in [7, 11) is 0. The average Bonchev–Trinajstić information content (AvgIpc) is 3.89. The summed E-state index contributed by atoms with van der Waals surface area (Å²) in [6, 6.07) is 20.2. The molecule has 4 fully saturated rings. The van der Waals surface area contributed by atoms with Gasteiger partial charge in [-0.2, -0.15) is 0 Å². The van der Waals surface area contributed by atoms with Crippen LogP contribution in [0.2, 0.25) is 10.0 Å². The summed E-state index contributed by atoms with van der Waals surface area (Å²) in [5.74, 6) is 3.72. The number of aryl methyl sites for hydroxylation is 2. The van der Waals surface area contributed by atoms with Gasteiger partial charge in [0.25, 0.3) is 0 Å². The van der Waals surface area contributed by atoms with Crippen molar-refractivity contribution in [1.29, 1.82) is 0 Å². The minimum atomic E-state index is 0.0566. The molecule has 74 heavy (non-hydrogen) atoms. The number of rotatable bonds is 18. The first-order chi connectivity index (χ1) is 36.0. The summed E-state index contributed by atoms with van der Waals surface area (Å²) in [6.07, 6.45) is 13.6. The quantitative estimate of drug-likeness (QED) is 0.0636. The fraction of sp³-hybridized carbons (Fsp3) is 0.421. The molecule has 17 heteroatoms. The van der Waals surface area contributed by atoms with Crippen LogP contribution in [0.1, 0.15) is 60.8 Å². The fourth-order valence-corrected chi connectivity index (χ4v) is 10.4. The number of fused-ring (bicyclic) bond motifs is 2. The largest absolute Gasteiger partial charge is 0.493 e. The van der Waals surface area contributed by atoms with Gasteiger partial charge in [0.2, 0.25) is 11.8 Å². The normalized spacial score (nSPS) is 17.1. The summed E-state index contributed by atoms with van der Waals surface area (Å²) in [4.78, 5) is 35.1. The van der Waals surface area contributed by atoms with Gasteiger partial charge >= 0.3 is 0 Å². The molecule has 0 atom stereocenters. The number of carbonyl (C=O) groups excluding carboxylic acids is 1. The van der Waals surface area contributed by atoms with Crippen LogP contribution in [0.25, 0.3) is 21.8 Å². The summed E-state index contributed by atoms with van der Waals surface area (Å²) in [6.45, 7) is 15.9. The van der Waals surface area contributed by atoms with Crippen LogP contribution in [0, 0.1) is 24.7 Å². The topological polar surface area (TPSA) is 170 Å². The number of furan rings is 1. The number of halogens is 2. The molecule has 4 aromatic carbocycles. The standard InChI is InChI=1S/C32H34ClN3O5.C25H29ClN4O3/c1-22-13-27-29(17-30(22)40-11-2-8-36-9-6-32(7-10-36)19-39-20-32)34-21-35-31(27)41-26-4-3-24(28(33)16-26)15-25(37)14-23-5-12-38-18-23;1-17-11-19-22(28-16-29-24(19)33-18-3-4-21(27)20(26)12-18)13-23(17)32-10-2-7-30-8-5-25(6-9-30)14-31-15-25/h3-5,12-13,16-18,21H,2,6-11,14-15,19-20H2,1H3;3-4,11-13,16H,2,5-10,14-15,27H2,1H3. The zero-order valence-electron chi connectivity index (χ0n) is 42.1. The molecule has 11 rings (SSSR count). The lowest BCUT2D eigenvalue weighted by Gasteiger charge is -2.47. The number of nitrogen functional groups attached to an aromatic ring is 1. The number of aromatic nitrogens is 4. The molecule has 7 heterocycles. The SMILES string of the molecule is Cc1cc2c(Oc3ccc(CC(=O)Cc4ccoc4)c(Cl)c3)ncnc2cc1OCCCN1CCC2(CC1)COC2.Cc1cc2c(Oc3ccc(N)c(Cl)c3)ncnc2cc1OCCCN1CCC2(CC1)COC2. The van der Waals surface area contributed by atoms with Crippen molar-refractivity contribution in [2.24, 2.45) is 10.8 Å². The molecule has 0 radical (unpaired) electrons. The lowest BCUT2D eigenvalue weighted by atomic mass is 9.77. The van der Waals surface area contributed by atoms with E-state index in [4.69, 9.17) is 61.8 Å². The van der Waals surface area contributed by atoms with E-state index in [9.17, 15) is 4.79 Å². The van der Waals surface area contributed by atoms with E-state index in [2.05, 4.69) is 29.7 Å². The number of anilines is 1. The van der Waals surface area contributed by atoms with Gasteiger partial charge in [-0.15, -0.1) is 0 Å². The van der Waals surface area contributed by atoms with Crippen LogP contribution >= 0.6 is 23.2 Å². The number of nitrogens with zero attached hydrogens (tertiary/aromatic N) is 6. The van der Waals surface area contributed by atoms with Crippen LogP contribution in [-0.4, -0.2) is 114 Å². The molecule has 2 N–H and O–H groups in total. The number of likely N-dealkylation sites (tertiary alicyclic amines) is 2. The minimum Gasteiger partial charge on any atom is -0.493 e. The Morgan fingerprint density at radius 1 is 0.649 bits per heavy atom. The third kappa shape index (κ3) is 12.5. The summed E-state index contributed by atoms with van der Waals surface area (Å²) in [5.41, 5.74) is 12.4. The van der Waals surface area contributed by atoms with E-state index < -0.39 is 0 Å². The molecule has 2 spiro atoms. The number of piperidine rings is 2. The highest BCUT2D eigenvalue weighted by Gasteiger charge is 2.42. The van der Waals surface area contributed by atoms with Crippen molar-refractivity contribution in [1.82, 2.24) is 29.7 Å². The molecule has 4 aliphatic heterocycles. The van der Waals surface area contributed by atoms with Gasteiger partial charge in [-0.05, 0) is 143 Å². The maximum absolute atomic E-state index is 12.4. The second-order valence-electron chi connectivity index (χ2n) is 20.4. The maximum atomic E-state index is 12.4. The number of Topliss-reactive ketones (excluding diaryl/α,β-unsaturated/α-hetero) is 1. The van der Waals surface area contributed by atoms with Crippen LogP contribution in [0.5, 0.6) is 34.8 Å². The Morgan fingerprint density at radius 2 is 1.16 bits per heavy atom. The number of hydrogen-bond acceptors (Lipinski definition) is 15. The first-order valence-electron chi connectivity index (χ1n) is 25.6.